The standard InChI is InChI=1S/C28H33N5O2/c34-28-27-25(12-16-33(27)22-23-8-3-1-4-9-23)26(29-35)13-17-32(28)15-7-14-30-18-20-31(21-19-30)24-10-5-2-6-11-24/h1-6,8-12,16,26H,7,13-15,17-22H2. The van der Waals surface area contributed by atoms with Crippen molar-refractivity contribution in [3.63, 3.8) is 0 Å². The number of hydrogen-bond acceptors (Lipinski definition) is 5. The molecule has 1 amide bonds. The van der Waals surface area contributed by atoms with Crippen molar-refractivity contribution in [2.24, 2.45) is 5.18 Å². The lowest BCUT2D eigenvalue weighted by Crippen LogP contribution is -2.47. The number of piperazine rings is 1. The van der Waals surface area contributed by atoms with Crippen molar-refractivity contribution in [3.8, 4) is 0 Å². The van der Waals surface area contributed by atoms with Crippen LogP contribution in [0.2, 0.25) is 0 Å². The van der Waals surface area contributed by atoms with E-state index in [2.05, 4.69) is 57.4 Å². The third kappa shape index (κ3) is 5.30. The highest BCUT2D eigenvalue weighted by Crippen LogP contribution is 2.31. The molecule has 3 aromatic rings. The second kappa shape index (κ2) is 10.9. The van der Waals surface area contributed by atoms with Gasteiger partial charge in [-0.3, -0.25) is 9.69 Å². The molecule has 1 atom stereocenters. The Morgan fingerprint density at radius 3 is 2.26 bits per heavy atom. The number of anilines is 1. The minimum atomic E-state index is -0.470. The summed E-state index contributed by atoms with van der Waals surface area (Å²) in [6, 6.07) is 22.1. The molecule has 1 saturated heterocycles. The van der Waals surface area contributed by atoms with Crippen LogP contribution in [0.3, 0.4) is 0 Å². The molecule has 1 unspecified atom stereocenters. The number of carbonyl (C=O) groups is 1. The van der Waals surface area contributed by atoms with Crippen molar-refractivity contribution in [1.82, 2.24) is 14.4 Å². The Kier molecular flexibility index (Phi) is 7.23. The lowest BCUT2D eigenvalue weighted by Gasteiger charge is -2.36. The summed E-state index contributed by atoms with van der Waals surface area (Å²) in [7, 11) is 0. The van der Waals surface area contributed by atoms with Gasteiger partial charge in [-0.05, 0) is 43.1 Å². The number of hydrogen-bond donors (Lipinski definition) is 0. The number of nitroso groups, excluding NO2 is 1. The minimum Gasteiger partial charge on any atom is -0.369 e. The minimum absolute atomic E-state index is 0.0148. The van der Waals surface area contributed by atoms with Crippen LogP contribution in [0.25, 0.3) is 0 Å². The first-order valence-electron chi connectivity index (χ1n) is 12.6. The fourth-order valence-electron chi connectivity index (χ4n) is 5.28. The molecule has 7 nitrogen and oxygen atoms in total. The van der Waals surface area contributed by atoms with E-state index in [1.54, 1.807) is 0 Å². The van der Waals surface area contributed by atoms with Crippen LogP contribution < -0.4 is 4.90 Å². The molecule has 182 valence electrons. The van der Waals surface area contributed by atoms with Crippen molar-refractivity contribution in [3.05, 3.63) is 94.7 Å². The number of aromatic nitrogens is 1. The van der Waals surface area contributed by atoms with Gasteiger partial charge in [-0.2, -0.15) is 4.91 Å². The Morgan fingerprint density at radius 2 is 1.54 bits per heavy atom. The van der Waals surface area contributed by atoms with Crippen LogP contribution in [0.1, 0.15) is 40.5 Å². The zero-order valence-electron chi connectivity index (χ0n) is 20.1. The van der Waals surface area contributed by atoms with Gasteiger partial charge in [0.15, 0.2) is 0 Å². The van der Waals surface area contributed by atoms with Gasteiger partial charge < -0.3 is 14.4 Å². The molecule has 0 radical (unpaired) electrons. The Balaban J connectivity index is 1.20. The van der Waals surface area contributed by atoms with Crippen molar-refractivity contribution in [2.45, 2.75) is 25.4 Å². The molecule has 0 N–H and O–H groups in total. The lowest BCUT2D eigenvalue weighted by molar-refractivity contribution is 0.0741. The zero-order chi connectivity index (χ0) is 24.0. The highest BCUT2D eigenvalue weighted by atomic mass is 16.3. The van der Waals surface area contributed by atoms with E-state index in [0.717, 1.165) is 50.3 Å². The van der Waals surface area contributed by atoms with E-state index in [-0.39, 0.29) is 5.91 Å². The van der Waals surface area contributed by atoms with Crippen molar-refractivity contribution in [1.29, 1.82) is 0 Å². The fourth-order valence-corrected chi connectivity index (χ4v) is 5.28. The van der Waals surface area contributed by atoms with Gasteiger partial charge in [0.25, 0.3) is 5.91 Å². The average molecular weight is 472 g/mol. The van der Waals surface area contributed by atoms with Gasteiger partial charge in [-0.15, -0.1) is 0 Å². The molecule has 35 heavy (non-hydrogen) atoms. The topological polar surface area (TPSA) is 61.2 Å². The third-order valence-electron chi connectivity index (χ3n) is 7.23. The summed E-state index contributed by atoms with van der Waals surface area (Å²) < 4.78 is 1.98. The van der Waals surface area contributed by atoms with Crippen molar-refractivity contribution in [2.75, 3.05) is 50.7 Å². The molecule has 3 heterocycles. The highest BCUT2D eigenvalue weighted by Gasteiger charge is 2.31. The van der Waals surface area contributed by atoms with Crippen LogP contribution in [0.4, 0.5) is 5.69 Å². The molecule has 0 spiro atoms. The summed E-state index contributed by atoms with van der Waals surface area (Å²) in [6.07, 6.45) is 3.42. The number of fused-ring (bicyclic) bond motifs is 1. The molecule has 7 heteroatoms. The van der Waals surface area contributed by atoms with E-state index < -0.39 is 6.04 Å². The number of rotatable bonds is 8. The quantitative estimate of drug-likeness (QED) is 0.457. The molecule has 2 aliphatic rings. The van der Waals surface area contributed by atoms with Gasteiger partial charge in [0, 0.05) is 63.3 Å². The third-order valence-corrected chi connectivity index (χ3v) is 7.23. The highest BCUT2D eigenvalue weighted by molar-refractivity contribution is 5.95. The Labute approximate surface area is 206 Å². The average Bonchev–Trinajstić information content (AvgIpc) is 3.26. The van der Waals surface area contributed by atoms with Crippen LogP contribution in [0, 0.1) is 4.91 Å². The van der Waals surface area contributed by atoms with Crippen LogP contribution in [-0.2, 0) is 6.54 Å². The molecule has 2 aromatic carbocycles. The van der Waals surface area contributed by atoms with E-state index >= 15 is 0 Å². The Morgan fingerprint density at radius 1 is 0.829 bits per heavy atom. The Bertz CT molecular complexity index is 1120. The van der Waals surface area contributed by atoms with E-state index in [9.17, 15) is 9.70 Å². The zero-order valence-corrected chi connectivity index (χ0v) is 20.1. The molecule has 0 bridgehead atoms. The van der Waals surface area contributed by atoms with E-state index in [0.29, 0.717) is 31.7 Å². The number of nitrogens with zero attached hydrogens (tertiary/aromatic N) is 5. The van der Waals surface area contributed by atoms with Crippen LogP contribution in [-0.4, -0.2) is 66.1 Å². The molecule has 1 fully saturated rings. The largest absolute Gasteiger partial charge is 0.369 e. The van der Waals surface area contributed by atoms with Crippen LogP contribution in [0.15, 0.2) is 78.1 Å². The summed E-state index contributed by atoms with van der Waals surface area (Å²) >= 11 is 0. The molecule has 5 rings (SSSR count). The second-order valence-electron chi connectivity index (χ2n) is 9.45. The first kappa shape index (κ1) is 23.3. The summed E-state index contributed by atoms with van der Waals surface area (Å²) in [5, 5.41) is 3.37. The summed E-state index contributed by atoms with van der Waals surface area (Å²) in [5.41, 5.74) is 3.79. The second-order valence-corrected chi connectivity index (χ2v) is 9.45. The number of carbonyl (C=O) groups excluding carboxylic acids is 1. The van der Waals surface area contributed by atoms with E-state index in [1.807, 2.05) is 39.9 Å². The maximum Gasteiger partial charge on any atom is 0.270 e. The number of amides is 1. The molecule has 0 aliphatic carbocycles. The first-order valence-corrected chi connectivity index (χ1v) is 12.6. The smallest absolute Gasteiger partial charge is 0.270 e. The summed E-state index contributed by atoms with van der Waals surface area (Å²) in [6.45, 7) is 6.95. The molecule has 0 saturated carbocycles. The van der Waals surface area contributed by atoms with Gasteiger partial charge in [-0.1, -0.05) is 53.7 Å². The molecule has 2 aliphatic heterocycles. The van der Waals surface area contributed by atoms with Crippen LogP contribution >= 0.6 is 0 Å². The lowest BCUT2D eigenvalue weighted by atomic mass is 10.1. The first-order chi connectivity index (χ1) is 17.2. The maximum absolute atomic E-state index is 13.6. The van der Waals surface area contributed by atoms with Gasteiger partial charge >= 0.3 is 0 Å². The van der Waals surface area contributed by atoms with Gasteiger partial charge in [-0.25, -0.2) is 0 Å². The molecular weight excluding hydrogens is 438 g/mol. The summed E-state index contributed by atoms with van der Waals surface area (Å²) in [4.78, 5) is 32.0. The van der Waals surface area contributed by atoms with Crippen molar-refractivity contribution >= 4 is 11.6 Å². The maximum atomic E-state index is 13.6. The van der Waals surface area contributed by atoms with Gasteiger partial charge in [0.2, 0.25) is 0 Å². The van der Waals surface area contributed by atoms with Gasteiger partial charge in [0.1, 0.15) is 11.7 Å². The van der Waals surface area contributed by atoms with E-state index in [4.69, 9.17) is 0 Å². The van der Waals surface area contributed by atoms with Gasteiger partial charge in [0.05, 0.1) is 0 Å². The normalized spacial score (nSPS) is 18.9. The SMILES string of the molecule is O=NC1CCN(CCCN2CCN(c3ccccc3)CC2)C(=O)c2c1ccn2Cc1ccccc1. The number of para-hydroxylation sites is 1. The molecule has 1 aromatic heterocycles. The fraction of sp³-hybridized carbons (Fsp3) is 0.393. The number of benzene rings is 2. The van der Waals surface area contributed by atoms with Crippen molar-refractivity contribution < 1.29 is 4.79 Å². The summed E-state index contributed by atoms with van der Waals surface area (Å²) in [5.74, 6) is 0.0148. The molecular formula is C28H33N5O2. The van der Waals surface area contributed by atoms with Crippen LogP contribution in [0.5, 0.6) is 0 Å². The predicted octanol–water partition coefficient (Wildman–Crippen LogP) is 4.40. The Hall–Kier alpha value is -3.45. The monoisotopic (exact) mass is 471 g/mol. The predicted molar refractivity (Wildman–Crippen MR) is 139 cm³/mol. The van der Waals surface area contributed by atoms with E-state index in [1.165, 1.54) is 5.69 Å².